The highest BCUT2D eigenvalue weighted by Crippen LogP contribution is 2.25. The van der Waals surface area contributed by atoms with E-state index in [1.54, 1.807) is 6.29 Å². The Morgan fingerprint density at radius 1 is 1.00 bits per heavy atom. The molecule has 2 N–H and O–H groups in total. The van der Waals surface area contributed by atoms with Gasteiger partial charge in [-0.3, -0.25) is 9.59 Å². The summed E-state index contributed by atoms with van der Waals surface area (Å²) >= 11 is 0. The first-order valence-corrected chi connectivity index (χ1v) is 6.62. The zero-order valence-electron chi connectivity index (χ0n) is 11.4. The molecule has 0 aromatic heterocycles. The van der Waals surface area contributed by atoms with Crippen LogP contribution in [0.2, 0.25) is 0 Å². The maximum absolute atomic E-state index is 12.4. The number of hydrogen-bond donors (Lipinski definition) is 1. The third-order valence-corrected chi connectivity index (χ3v) is 3.06. The molecule has 0 aliphatic rings. The largest absolute Gasteiger partial charge is 0.463 e. The molecular weight excluding hydrogens is 266 g/mol. The van der Waals surface area contributed by atoms with Gasteiger partial charge in [-0.05, 0) is 11.1 Å². The van der Waals surface area contributed by atoms with Gasteiger partial charge in [-0.25, -0.2) is 0 Å². The molecule has 107 valence electrons. The van der Waals surface area contributed by atoms with Gasteiger partial charge in [-0.15, -0.1) is 0 Å². The van der Waals surface area contributed by atoms with Crippen molar-refractivity contribution in [1.29, 1.82) is 0 Å². The Morgan fingerprint density at radius 2 is 1.48 bits per heavy atom. The summed E-state index contributed by atoms with van der Waals surface area (Å²) in [5, 5.41) is 0. The second-order valence-corrected chi connectivity index (χ2v) is 4.61. The van der Waals surface area contributed by atoms with E-state index < -0.39 is 17.9 Å². The molecule has 0 heterocycles. The molecular formula is C17H16NO3. The third-order valence-electron chi connectivity index (χ3n) is 3.06. The molecule has 0 bridgehead atoms. The van der Waals surface area contributed by atoms with E-state index in [1.807, 2.05) is 60.7 Å². The number of carbonyl (C=O) groups is 1. The van der Waals surface area contributed by atoms with E-state index in [4.69, 9.17) is 10.5 Å². The van der Waals surface area contributed by atoms with Gasteiger partial charge in [0.1, 0.15) is 18.6 Å². The lowest BCUT2D eigenvalue weighted by atomic mass is 9.91. The van der Waals surface area contributed by atoms with E-state index in [1.165, 1.54) is 0 Å². The van der Waals surface area contributed by atoms with Gasteiger partial charge in [0.15, 0.2) is 0 Å². The van der Waals surface area contributed by atoms with E-state index in [9.17, 15) is 9.59 Å². The summed E-state index contributed by atoms with van der Waals surface area (Å²) in [5.74, 6) is -0.968. The Kier molecular flexibility index (Phi) is 5.23. The maximum Gasteiger partial charge on any atom is 0.317 e. The minimum Gasteiger partial charge on any atom is -0.463 e. The van der Waals surface area contributed by atoms with Crippen molar-refractivity contribution in [3.63, 3.8) is 0 Å². The van der Waals surface area contributed by atoms with Crippen LogP contribution in [0, 0.1) is 0 Å². The van der Waals surface area contributed by atoms with Crippen molar-refractivity contribution in [3.05, 3.63) is 71.8 Å². The highest BCUT2D eigenvalue weighted by atomic mass is 16.5. The quantitative estimate of drug-likeness (QED) is 0.820. The van der Waals surface area contributed by atoms with Gasteiger partial charge in [0.25, 0.3) is 0 Å². The SMILES string of the molecule is NC([C]=O)COC(=O)C(c1ccccc1)c1ccccc1. The van der Waals surface area contributed by atoms with E-state index >= 15 is 0 Å². The molecule has 1 unspecified atom stereocenters. The molecule has 2 rings (SSSR count). The molecule has 0 amide bonds. The van der Waals surface area contributed by atoms with Gasteiger partial charge in [0.05, 0.1) is 0 Å². The minimum absolute atomic E-state index is 0.168. The normalized spacial score (nSPS) is 11.9. The Labute approximate surface area is 123 Å². The summed E-state index contributed by atoms with van der Waals surface area (Å²) < 4.78 is 5.14. The molecule has 2 aromatic carbocycles. The second-order valence-electron chi connectivity index (χ2n) is 4.61. The van der Waals surface area contributed by atoms with Crippen LogP contribution >= 0.6 is 0 Å². The van der Waals surface area contributed by atoms with Crippen molar-refractivity contribution in [3.8, 4) is 0 Å². The van der Waals surface area contributed by atoms with Gasteiger partial charge in [-0.2, -0.15) is 0 Å². The Balaban J connectivity index is 2.25. The average Bonchev–Trinajstić information content (AvgIpc) is 2.55. The summed E-state index contributed by atoms with van der Waals surface area (Å²) in [6.07, 6.45) is 1.59. The molecule has 0 saturated heterocycles. The predicted octanol–water partition coefficient (Wildman–Crippen LogP) is 1.80. The molecule has 1 radical (unpaired) electrons. The van der Waals surface area contributed by atoms with Crippen LogP contribution in [-0.2, 0) is 14.3 Å². The van der Waals surface area contributed by atoms with Crippen LogP contribution in [0.5, 0.6) is 0 Å². The number of nitrogens with two attached hydrogens (primary N) is 1. The van der Waals surface area contributed by atoms with Crippen molar-refractivity contribution in [2.75, 3.05) is 6.61 Å². The molecule has 2 aromatic rings. The zero-order valence-corrected chi connectivity index (χ0v) is 11.4. The van der Waals surface area contributed by atoms with Crippen molar-refractivity contribution in [1.82, 2.24) is 0 Å². The van der Waals surface area contributed by atoms with Gasteiger partial charge in [-0.1, -0.05) is 60.7 Å². The molecule has 0 saturated carbocycles. The topological polar surface area (TPSA) is 69.4 Å². The highest BCUT2D eigenvalue weighted by molar-refractivity contribution is 5.82. The van der Waals surface area contributed by atoms with Crippen molar-refractivity contribution in [2.24, 2.45) is 5.73 Å². The summed E-state index contributed by atoms with van der Waals surface area (Å²) in [7, 11) is 0. The van der Waals surface area contributed by atoms with Crippen LogP contribution in [0.1, 0.15) is 17.0 Å². The lowest BCUT2D eigenvalue weighted by Gasteiger charge is -2.17. The number of esters is 1. The first-order chi connectivity index (χ1) is 10.2. The van der Waals surface area contributed by atoms with E-state index in [-0.39, 0.29) is 6.61 Å². The molecule has 21 heavy (non-hydrogen) atoms. The number of benzene rings is 2. The maximum atomic E-state index is 12.4. The zero-order chi connectivity index (χ0) is 15.1. The van der Waals surface area contributed by atoms with Crippen molar-refractivity contribution < 1.29 is 14.3 Å². The van der Waals surface area contributed by atoms with E-state index in [2.05, 4.69) is 0 Å². The standard InChI is InChI=1S/C17H16NO3/c18-15(11-19)12-21-17(20)16(13-7-3-1-4-8-13)14-9-5-2-6-10-14/h1-10,15-16H,12,18H2. The molecule has 0 spiro atoms. The van der Waals surface area contributed by atoms with Crippen LogP contribution in [0.15, 0.2) is 60.7 Å². The van der Waals surface area contributed by atoms with Crippen LogP contribution in [0.25, 0.3) is 0 Å². The fourth-order valence-corrected chi connectivity index (χ4v) is 2.04. The van der Waals surface area contributed by atoms with Gasteiger partial charge in [0.2, 0.25) is 6.29 Å². The van der Waals surface area contributed by atoms with Crippen LogP contribution in [0.3, 0.4) is 0 Å². The Bertz CT molecular complexity index is 544. The average molecular weight is 282 g/mol. The molecule has 0 aliphatic carbocycles. The first-order valence-electron chi connectivity index (χ1n) is 6.62. The van der Waals surface area contributed by atoms with E-state index in [0.29, 0.717) is 0 Å². The number of ether oxygens (including phenoxy) is 1. The lowest BCUT2D eigenvalue weighted by Crippen LogP contribution is -2.30. The summed E-state index contributed by atoms with van der Waals surface area (Å²) in [4.78, 5) is 22.7. The second kappa shape index (κ2) is 7.36. The first kappa shape index (κ1) is 14.9. The minimum atomic E-state index is -0.916. The van der Waals surface area contributed by atoms with E-state index in [0.717, 1.165) is 11.1 Å². The monoisotopic (exact) mass is 282 g/mol. The highest BCUT2D eigenvalue weighted by Gasteiger charge is 2.24. The van der Waals surface area contributed by atoms with Gasteiger partial charge >= 0.3 is 5.97 Å². The Hall–Kier alpha value is -2.46. The molecule has 4 heteroatoms. The van der Waals surface area contributed by atoms with Crippen LogP contribution in [-0.4, -0.2) is 24.9 Å². The Morgan fingerprint density at radius 3 is 1.90 bits per heavy atom. The van der Waals surface area contributed by atoms with Crippen molar-refractivity contribution >= 4 is 12.3 Å². The lowest BCUT2D eigenvalue weighted by molar-refractivity contribution is -0.144. The van der Waals surface area contributed by atoms with Gasteiger partial charge in [0, 0.05) is 0 Å². The predicted molar refractivity (Wildman–Crippen MR) is 79.4 cm³/mol. The fraction of sp³-hybridized carbons (Fsp3) is 0.176. The number of hydrogen-bond acceptors (Lipinski definition) is 4. The summed E-state index contributed by atoms with van der Waals surface area (Å²) in [5.41, 5.74) is 7.06. The third kappa shape index (κ3) is 4.00. The molecule has 0 aliphatic heterocycles. The van der Waals surface area contributed by atoms with Crippen LogP contribution in [0.4, 0.5) is 0 Å². The summed E-state index contributed by atoms with van der Waals surface area (Å²) in [6.45, 7) is -0.168. The number of carbonyl (C=O) groups excluding carboxylic acids is 2. The molecule has 4 nitrogen and oxygen atoms in total. The smallest absolute Gasteiger partial charge is 0.317 e. The molecule has 1 atom stereocenters. The van der Waals surface area contributed by atoms with Crippen molar-refractivity contribution in [2.45, 2.75) is 12.0 Å². The number of rotatable bonds is 6. The summed E-state index contributed by atoms with van der Waals surface area (Å²) in [6, 6.07) is 17.8. The van der Waals surface area contributed by atoms with Crippen LogP contribution < -0.4 is 5.73 Å². The molecule has 0 fully saturated rings. The fourth-order valence-electron chi connectivity index (χ4n) is 2.04. The van der Waals surface area contributed by atoms with Gasteiger partial charge < -0.3 is 10.5 Å².